The number of rotatable bonds is 6. The van der Waals surface area contributed by atoms with Gasteiger partial charge in [-0.15, -0.1) is 0 Å². The van der Waals surface area contributed by atoms with Crippen LogP contribution in [-0.2, 0) is 9.53 Å². The maximum Gasteiger partial charge on any atom is 0.321 e. The van der Waals surface area contributed by atoms with E-state index >= 15 is 0 Å². The molecule has 0 amide bonds. The second kappa shape index (κ2) is 7.29. The molecule has 0 saturated carbocycles. The summed E-state index contributed by atoms with van der Waals surface area (Å²) in [4.78, 5) is 22.8. The second-order valence-corrected chi connectivity index (χ2v) is 3.98. The van der Waals surface area contributed by atoms with Crippen LogP contribution in [0.2, 0.25) is 5.28 Å². The third-order valence-electron chi connectivity index (χ3n) is 1.46. The van der Waals surface area contributed by atoms with Crippen molar-refractivity contribution in [3.05, 3.63) is 5.28 Å². The van der Waals surface area contributed by atoms with Gasteiger partial charge in [-0.2, -0.15) is 15.0 Å². The summed E-state index contributed by atoms with van der Waals surface area (Å²) in [5, 5.41) is 0.372. The number of esters is 1. The van der Waals surface area contributed by atoms with E-state index in [2.05, 4.69) is 15.0 Å². The molecule has 1 rings (SSSR count). The molecule has 0 aromatic carbocycles. The van der Waals surface area contributed by atoms with Crippen molar-refractivity contribution < 1.29 is 14.3 Å². The first-order chi connectivity index (χ1) is 8.15. The van der Waals surface area contributed by atoms with Crippen molar-refractivity contribution in [2.75, 3.05) is 19.0 Å². The van der Waals surface area contributed by atoms with E-state index in [9.17, 15) is 4.79 Å². The van der Waals surface area contributed by atoms with Crippen LogP contribution in [-0.4, -0.2) is 39.9 Å². The Morgan fingerprint density at radius 3 is 2.71 bits per heavy atom. The van der Waals surface area contributed by atoms with E-state index in [1.807, 2.05) is 6.92 Å². The molecule has 0 N–H and O–H groups in total. The van der Waals surface area contributed by atoms with Crippen LogP contribution >= 0.6 is 23.4 Å². The molecular formula is C9H12ClN3O3S. The summed E-state index contributed by atoms with van der Waals surface area (Å²) in [6.07, 6.45) is 0. The van der Waals surface area contributed by atoms with Gasteiger partial charge in [0.1, 0.15) is 0 Å². The molecular weight excluding hydrogens is 266 g/mol. The van der Waals surface area contributed by atoms with Gasteiger partial charge in [-0.3, -0.25) is 4.79 Å². The SMILES string of the molecule is CCOC(=O)CSc1nc(Cl)nc(OCC)n1. The predicted molar refractivity (Wildman–Crippen MR) is 63.4 cm³/mol. The molecule has 17 heavy (non-hydrogen) atoms. The Morgan fingerprint density at radius 2 is 2.06 bits per heavy atom. The van der Waals surface area contributed by atoms with Crippen LogP contribution in [0.5, 0.6) is 6.01 Å². The van der Waals surface area contributed by atoms with Crippen LogP contribution in [0.15, 0.2) is 5.16 Å². The fraction of sp³-hybridized carbons (Fsp3) is 0.556. The van der Waals surface area contributed by atoms with Gasteiger partial charge in [0, 0.05) is 0 Å². The maximum atomic E-state index is 11.1. The Hall–Kier alpha value is -1.08. The van der Waals surface area contributed by atoms with Crippen LogP contribution in [0.1, 0.15) is 13.8 Å². The van der Waals surface area contributed by atoms with Crippen molar-refractivity contribution in [2.24, 2.45) is 0 Å². The lowest BCUT2D eigenvalue weighted by atomic mass is 10.8. The van der Waals surface area contributed by atoms with E-state index < -0.39 is 0 Å². The first-order valence-corrected chi connectivity index (χ1v) is 6.34. The number of carbonyl (C=O) groups excluding carboxylic acids is 1. The fourth-order valence-electron chi connectivity index (χ4n) is 0.899. The molecule has 0 aliphatic rings. The molecule has 0 unspecified atom stereocenters. The summed E-state index contributed by atoms with van der Waals surface area (Å²) in [6.45, 7) is 4.34. The number of carbonyl (C=O) groups is 1. The molecule has 0 spiro atoms. The lowest BCUT2D eigenvalue weighted by molar-refractivity contribution is -0.139. The number of ether oxygens (including phenoxy) is 2. The number of hydrogen-bond donors (Lipinski definition) is 0. The quantitative estimate of drug-likeness (QED) is 0.577. The lowest BCUT2D eigenvalue weighted by Gasteiger charge is -2.04. The van der Waals surface area contributed by atoms with Gasteiger partial charge >= 0.3 is 12.0 Å². The van der Waals surface area contributed by atoms with Crippen LogP contribution in [0, 0.1) is 0 Å². The van der Waals surface area contributed by atoms with Crippen molar-refractivity contribution in [1.82, 2.24) is 15.0 Å². The third-order valence-corrected chi connectivity index (χ3v) is 2.45. The zero-order valence-electron chi connectivity index (χ0n) is 9.47. The summed E-state index contributed by atoms with van der Waals surface area (Å²) < 4.78 is 9.88. The molecule has 0 saturated heterocycles. The van der Waals surface area contributed by atoms with Crippen molar-refractivity contribution in [2.45, 2.75) is 19.0 Å². The highest BCUT2D eigenvalue weighted by Crippen LogP contribution is 2.17. The summed E-state index contributed by atoms with van der Waals surface area (Å²) in [7, 11) is 0. The fourth-order valence-corrected chi connectivity index (χ4v) is 1.73. The lowest BCUT2D eigenvalue weighted by Crippen LogP contribution is -2.07. The Bertz CT molecular complexity index is 392. The predicted octanol–water partition coefficient (Wildman–Crippen LogP) is 1.58. The molecule has 8 heteroatoms. The van der Waals surface area contributed by atoms with E-state index in [0.717, 1.165) is 11.8 Å². The topological polar surface area (TPSA) is 74.2 Å². The highest BCUT2D eigenvalue weighted by Gasteiger charge is 2.09. The number of aromatic nitrogens is 3. The Morgan fingerprint density at radius 1 is 1.29 bits per heavy atom. The van der Waals surface area contributed by atoms with Gasteiger partial charge < -0.3 is 9.47 Å². The minimum Gasteiger partial charge on any atom is -0.465 e. The van der Waals surface area contributed by atoms with E-state index in [1.165, 1.54) is 0 Å². The zero-order chi connectivity index (χ0) is 12.7. The molecule has 1 aromatic rings. The highest BCUT2D eigenvalue weighted by atomic mass is 35.5. The average Bonchev–Trinajstić information content (AvgIpc) is 2.26. The summed E-state index contributed by atoms with van der Waals surface area (Å²) in [5.41, 5.74) is 0. The summed E-state index contributed by atoms with van der Waals surface area (Å²) >= 11 is 6.81. The standard InChI is InChI=1S/C9H12ClN3O3S/c1-3-15-6(14)5-17-9-12-7(10)11-8(13-9)16-4-2/h3-5H2,1-2H3. The van der Waals surface area contributed by atoms with Gasteiger partial charge in [-0.05, 0) is 25.4 Å². The molecule has 0 atom stereocenters. The van der Waals surface area contributed by atoms with E-state index in [0.29, 0.717) is 18.4 Å². The van der Waals surface area contributed by atoms with Gasteiger partial charge in [0.25, 0.3) is 0 Å². The molecule has 0 aliphatic heterocycles. The maximum absolute atomic E-state index is 11.1. The largest absolute Gasteiger partial charge is 0.465 e. The molecule has 1 heterocycles. The second-order valence-electron chi connectivity index (χ2n) is 2.70. The van der Waals surface area contributed by atoms with Crippen molar-refractivity contribution >= 4 is 29.3 Å². The minimum absolute atomic E-state index is 0.0369. The van der Waals surface area contributed by atoms with Crippen molar-refractivity contribution in [3.63, 3.8) is 0 Å². The van der Waals surface area contributed by atoms with Crippen molar-refractivity contribution in [3.8, 4) is 6.01 Å². The number of hydrogen-bond acceptors (Lipinski definition) is 7. The summed E-state index contributed by atoms with van der Waals surface area (Å²) in [5.74, 6) is -0.202. The van der Waals surface area contributed by atoms with E-state index in [1.54, 1.807) is 6.92 Å². The highest BCUT2D eigenvalue weighted by molar-refractivity contribution is 7.99. The summed E-state index contributed by atoms with van der Waals surface area (Å²) in [6, 6.07) is 0.152. The average molecular weight is 278 g/mol. The minimum atomic E-state index is -0.327. The van der Waals surface area contributed by atoms with E-state index in [4.69, 9.17) is 21.1 Å². The Labute approximate surface area is 108 Å². The molecule has 0 radical (unpaired) electrons. The van der Waals surface area contributed by atoms with Gasteiger partial charge in [0.05, 0.1) is 19.0 Å². The van der Waals surface area contributed by atoms with Crippen LogP contribution in [0.3, 0.4) is 0 Å². The third kappa shape index (κ3) is 5.18. The van der Waals surface area contributed by atoms with Crippen LogP contribution in [0.4, 0.5) is 0 Å². The molecule has 0 fully saturated rings. The van der Waals surface area contributed by atoms with Crippen LogP contribution < -0.4 is 4.74 Å². The molecule has 0 aliphatic carbocycles. The first-order valence-electron chi connectivity index (χ1n) is 4.98. The van der Waals surface area contributed by atoms with Gasteiger partial charge in [-0.25, -0.2) is 0 Å². The van der Waals surface area contributed by atoms with E-state index in [-0.39, 0.29) is 23.0 Å². The monoisotopic (exact) mass is 277 g/mol. The molecule has 94 valence electrons. The Balaban J connectivity index is 2.61. The molecule has 0 bridgehead atoms. The van der Waals surface area contributed by atoms with Crippen molar-refractivity contribution in [1.29, 1.82) is 0 Å². The van der Waals surface area contributed by atoms with Gasteiger partial charge in [-0.1, -0.05) is 11.8 Å². The zero-order valence-corrected chi connectivity index (χ0v) is 11.0. The molecule has 1 aromatic heterocycles. The van der Waals surface area contributed by atoms with Crippen LogP contribution in [0.25, 0.3) is 0 Å². The number of nitrogens with zero attached hydrogens (tertiary/aromatic N) is 3. The normalized spacial score (nSPS) is 10.1. The Kier molecular flexibility index (Phi) is 5.99. The number of thioether (sulfide) groups is 1. The smallest absolute Gasteiger partial charge is 0.321 e. The molecule has 6 nitrogen and oxygen atoms in total. The first kappa shape index (κ1) is 14.0. The number of halogens is 1. The van der Waals surface area contributed by atoms with Gasteiger partial charge in [0.2, 0.25) is 5.28 Å². The van der Waals surface area contributed by atoms with Gasteiger partial charge in [0.15, 0.2) is 5.16 Å².